The molecule has 92 valence electrons. The van der Waals surface area contributed by atoms with Crippen LogP contribution in [0.1, 0.15) is 23.2 Å². The highest BCUT2D eigenvalue weighted by Crippen LogP contribution is 2.21. The molecule has 0 aliphatic carbocycles. The number of rotatable bonds is 2. The molecule has 0 spiro atoms. The van der Waals surface area contributed by atoms with Crippen LogP contribution in [-0.4, -0.2) is 35.2 Å². The van der Waals surface area contributed by atoms with Crippen molar-refractivity contribution in [1.82, 2.24) is 4.98 Å². The summed E-state index contributed by atoms with van der Waals surface area (Å²) in [4.78, 5) is 17.0. The molecule has 0 saturated carbocycles. The maximum atomic E-state index is 10.9. The van der Waals surface area contributed by atoms with E-state index in [0.717, 1.165) is 19.4 Å². The summed E-state index contributed by atoms with van der Waals surface area (Å²) in [5.41, 5.74) is 6.03. The number of piperidine rings is 1. The summed E-state index contributed by atoms with van der Waals surface area (Å²) < 4.78 is 0. The number of nitrogens with zero attached hydrogens (tertiary/aromatic N) is 2. The van der Waals surface area contributed by atoms with Gasteiger partial charge in [-0.05, 0) is 25.0 Å². The summed E-state index contributed by atoms with van der Waals surface area (Å²) in [5.74, 6) is -0.415. The van der Waals surface area contributed by atoms with Crippen molar-refractivity contribution in [2.75, 3.05) is 18.0 Å². The van der Waals surface area contributed by atoms with Crippen molar-refractivity contribution < 1.29 is 9.90 Å². The number of carboxylic acids is 1. The first-order chi connectivity index (χ1) is 8.06. The zero-order valence-electron chi connectivity index (χ0n) is 9.27. The Bertz CT molecular complexity index is 439. The van der Waals surface area contributed by atoms with E-state index < -0.39 is 5.97 Å². The summed E-state index contributed by atoms with van der Waals surface area (Å²) in [5, 5.41) is 9.15. The maximum Gasteiger partial charge on any atom is 0.335 e. The van der Waals surface area contributed by atoms with E-state index in [0.29, 0.717) is 12.4 Å². The van der Waals surface area contributed by atoms with Crippen LogP contribution < -0.4 is 10.6 Å². The van der Waals surface area contributed by atoms with E-state index in [1.165, 1.54) is 12.1 Å². The summed E-state index contributed by atoms with van der Waals surface area (Å²) in [6.07, 6.45) is 1.97. The topological polar surface area (TPSA) is 79.5 Å². The number of hydrogen-bond acceptors (Lipinski definition) is 4. The third-order valence-electron chi connectivity index (χ3n) is 2.81. The van der Waals surface area contributed by atoms with Crippen molar-refractivity contribution >= 4 is 23.4 Å². The van der Waals surface area contributed by atoms with E-state index in [-0.39, 0.29) is 16.8 Å². The second kappa shape index (κ2) is 4.89. The lowest BCUT2D eigenvalue weighted by Crippen LogP contribution is -2.43. The van der Waals surface area contributed by atoms with E-state index in [1.807, 2.05) is 4.90 Å². The minimum Gasteiger partial charge on any atom is -0.478 e. The van der Waals surface area contributed by atoms with E-state index >= 15 is 0 Å². The summed E-state index contributed by atoms with van der Waals surface area (Å²) in [6, 6.07) is 2.99. The van der Waals surface area contributed by atoms with Gasteiger partial charge in [-0.3, -0.25) is 0 Å². The molecular formula is C11H14ClN3O2. The number of anilines is 1. The Balaban J connectivity index is 2.28. The molecule has 6 heteroatoms. The van der Waals surface area contributed by atoms with Gasteiger partial charge in [0.05, 0.1) is 5.56 Å². The van der Waals surface area contributed by atoms with Gasteiger partial charge < -0.3 is 15.7 Å². The molecule has 2 heterocycles. The number of pyridine rings is 1. The largest absolute Gasteiger partial charge is 0.478 e. The lowest BCUT2D eigenvalue weighted by atomic mass is 10.1. The third-order valence-corrected chi connectivity index (χ3v) is 3.00. The van der Waals surface area contributed by atoms with Gasteiger partial charge in [0.25, 0.3) is 0 Å². The molecule has 1 aliphatic rings. The fourth-order valence-electron chi connectivity index (χ4n) is 1.99. The minimum absolute atomic E-state index is 0.109. The van der Waals surface area contributed by atoms with Gasteiger partial charge in [0, 0.05) is 19.1 Å². The Hall–Kier alpha value is -1.33. The first-order valence-electron chi connectivity index (χ1n) is 5.47. The molecule has 1 aliphatic heterocycles. The van der Waals surface area contributed by atoms with Crippen molar-refractivity contribution in [1.29, 1.82) is 0 Å². The van der Waals surface area contributed by atoms with Gasteiger partial charge in [-0.15, -0.1) is 0 Å². The molecule has 1 fully saturated rings. The summed E-state index contributed by atoms with van der Waals surface area (Å²) in [6.45, 7) is 1.52. The Labute approximate surface area is 104 Å². The number of aromatic carboxylic acids is 1. The van der Waals surface area contributed by atoms with Gasteiger partial charge in [0.2, 0.25) is 0 Å². The SMILES string of the molecule is NC1CCCN(c2cc(C(=O)O)cc(Cl)n2)C1. The van der Waals surface area contributed by atoms with Crippen molar-refractivity contribution in [3.05, 3.63) is 22.8 Å². The standard InChI is InChI=1S/C11H14ClN3O2/c12-9-4-7(11(16)17)5-10(14-9)15-3-1-2-8(13)6-15/h4-5,8H,1-3,6,13H2,(H,16,17). The molecule has 1 unspecified atom stereocenters. The molecule has 3 N–H and O–H groups in total. The highest BCUT2D eigenvalue weighted by atomic mass is 35.5. The predicted octanol–water partition coefficient (Wildman–Crippen LogP) is 1.36. The second-order valence-corrected chi connectivity index (χ2v) is 4.58. The first-order valence-corrected chi connectivity index (χ1v) is 5.85. The molecule has 2 rings (SSSR count). The van der Waals surface area contributed by atoms with E-state index in [4.69, 9.17) is 22.4 Å². The number of aromatic nitrogens is 1. The van der Waals surface area contributed by atoms with Gasteiger partial charge in [-0.2, -0.15) is 0 Å². The van der Waals surface area contributed by atoms with Crippen molar-refractivity contribution in [3.63, 3.8) is 0 Å². The molecule has 0 radical (unpaired) electrons. The lowest BCUT2D eigenvalue weighted by Gasteiger charge is -2.31. The smallest absolute Gasteiger partial charge is 0.335 e. The van der Waals surface area contributed by atoms with Crippen molar-refractivity contribution in [3.8, 4) is 0 Å². The van der Waals surface area contributed by atoms with Gasteiger partial charge >= 0.3 is 5.97 Å². The van der Waals surface area contributed by atoms with Gasteiger partial charge in [-0.1, -0.05) is 11.6 Å². The van der Waals surface area contributed by atoms with Crippen LogP contribution in [0, 0.1) is 0 Å². The minimum atomic E-state index is -1.00. The maximum absolute atomic E-state index is 10.9. The van der Waals surface area contributed by atoms with Crippen molar-refractivity contribution in [2.45, 2.75) is 18.9 Å². The highest BCUT2D eigenvalue weighted by molar-refractivity contribution is 6.29. The molecule has 5 nitrogen and oxygen atoms in total. The Kier molecular flexibility index (Phi) is 3.49. The van der Waals surface area contributed by atoms with Crippen molar-refractivity contribution in [2.24, 2.45) is 5.73 Å². The normalized spacial score (nSPS) is 20.4. The Morgan fingerprint density at radius 3 is 3.00 bits per heavy atom. The average Bonchev–Trinajstić information content (AvgIpc) is 2.28. The first kappa shape index (κ1) is 12.1. The molecule has 17 heavy (non-hydrogen) atoms. The second-order valence-electron chi connectivity index (χ2n) is 4.19. The van der Waals surface area contributed by atoms with E-state index in [1.54, 1.807) is 0 Å². The van der Waals surface area contributed by atoms with Gasteiger partial charge in [0.15, 0.2) is 0 Å². The Morgan fingerprint density at radius 1 is 1.59 bits per heavy atom. The van der Waals surface area contributed by atoms with Crippen LogP contribution in [0.5, 0.6) is 0 Å². The summed E-state index contributed by atoms with van der Waals surface area (Å²) >= 11 is 5.82. The van der Waals surface area contributed by atoms with Crippen LogP contribution in [0.4, 0.5) is 5.82 Å². The zero-order chi connectivity index (χ0) is 12.4. The third kappa shape index (κ3) is 2.87. The molecule has 1 saturated heterocycles. The van der Waals surface area contributed by atoms with Crippen LogP contribution in [0.15, 0.2) is 12.1 Å². The number of carbonyl (C=O) groups is 1. The number of hydrogen-bond donors (Lipinski definition) is 2. The number of nitrogens with two attached hydrogens (primary N) is 1. The fourth-order valence-corrected chi connectivity index (χ4v) is 2.19. The molecule has 1 aromatic rings. The van der Waals surface area contributed by atoms with Gasteiger partial charge in [0.1, 0.15) is 11.0 Å². The molecular weight excluding hydrogens is 242 g/mol. The average molecular weight is 256 g/mol. The Morgan fingerprint density at radius 2 is 2.35 bits per heavy atom. The molecule has 0 bridgehead atoms. The molecule has 0 aromatic carbocycles. The van der Waals surface area contributed by atoms with E-state index in [2.05, 4.69) is 4.98 Å². The molecule has 1 atom stereocenters. The van der Waals surface area contributed by atoms with Crippen LogP contribution in [0.3, 0.4) is 0 Å². The van der Waals surface area contributed by atoms with Crippen LogP contribution in [0.2, 0.25) is 5.15 Å². The number of halogens is 1. The van der Waals surface area contributed by atoms with Crippen LogP contribution in [0.25, 0.3) is 0 Å². The monoisotopic (exact) mass is 255 g/mol. The van der Waals surface area contributed by atoms with Crippen LogP contribution >= 0.6 is 11.6 Å². The fraction of sp³-hybridized carbons (Fsp3) is 0.455. The van der Waals surface area contributed by atoms with Gasteiger partial charge in [-0.25, -0.2) is 9.78 Å². The zero-order valence-corrected chi connectivity index (χ0v) is 10.0. The quantitative estimate of drug-likeness (QED) is 0.780. The van der Waals surface area contributed by atoms with E-state index in [9.17, 15) is 4.79 Å². The summed E-state index contributed by atoms with van der Waals surface area (Å²) in [7, 11) is 0. The number of carboxylic acid groups (broad SMARTS) is 1. The lowest BCUT2D eigenvalue weighted by molar-refractivity contribution is 0.0697. The van der Waals surface area contributed by atoms with Crippen LogP contribution in [-0.2, 0) is 0 Å². The predicted molar refractivity (Wildman–Crippen MR) is 65.6 cm³/mol. The molecule has 1 aromatic heterocycles. The highest BCUT2D eigenvalue weighted by Gasteiger charge is 2.19. The molecule has 0 amide bonds.